The van der Waals surface area contributed by atoms with Gasteiger partial charge in [0.2, 0.25) is 5.88 Å². The van der Waals surface area contributed by atoms with E-state index in [1.807, 2.05) is 48.3 Å². The lowest BCUT2D eigenvalue weighted by atomic mass is 9.71. The van der Waals surface area contributed by atoms with Gasteiger partial charge in [-0.2, -0.15) is 5.26 Å². The van der Waals surface area contributed by atoms with E-state index < -0.39 is 41.9 Å². The third-order valence-electron chi connectivity index (χ3n) is 8.43. The average Bonchev–Trinajstić information content (AvgIpc) is 3.29. The Kier molecular flexibility index (Phi) is 7.54. The molecule has 0 saturated heterocycles. The van der Waals surface area contributed by atoms with Crippen molar-refractivity contribution >= 4 is 12.4 Å². The van der Waals surface area contributed by atoms with Crippen molar-refractivity contribution in [1.82, 2.24) is 9.88 Å². The van der Waals surface area contributed by atoms with Crippen molar-refractivity contribution in [3.8, 4) is 17.7 Å². The Hall–Kier alpha value is -3.25. The van der Waals surface area contributed by atoms with Gasteiger partial charge in [-0.1, -0.05) is 54.6 Å². The number of nitrogens with zero attached hydrogens (tertiary/aromatic N) is 3. The molecule has 9 nitrogen and oxygen atoms in total. The molecule has 0 spiro atoms. The standard InChI is InChI=1S/C32H38N3O6P/c1-30(2,37)19-35(3)18-24-26(20-10-8-7-9-11-20)32(21-12-14-23(15-13-21)42(5,6)39)31(38,28(24)36)27-25(41-32)16-22(17-33)34-29(27)40-4/h7-16,24,26,28,36-38H,18-19H2,1-6H3/t24-,26-,28-,31+,32+/m1/s1. The molecule has 3 N–H and O–H groups in total. The van der Waals surface area contributed by atoms with Crippen LogP contribution in [0.15, 0.2) is 60.7 Å². The third kappa shape index (κ3) is 4.72. The molecule has 222 valence electrons. The van der Waals surface area contributed by atoms with Gasteiger partial charge in [-0.05, 0) is 45.4 Å². The zero-order valence-electron chi connectivity index (χ0n) is 24.8. The van der Waals surface area contributed by atoms with Crippen LogP contribution in [0.3, 0.4) is 0 Å². The minimum Gasteiger partial charge on any atom is -0.481 e. The van der Waals surface area contributed by atoms with Gasteiger partial charge in [-0.15, -0.1) is 0 Å². The summed E-state index contributed by atoms with van der Waals surface area (Å²) in [5.41, 5.74) is -3.01. The fourth-order valence-corrected chi connectivity index (χ4v) is 7.86. The van der Waals surface area contributed by atoms with Crippen molar-refractivity contribution in [2.45, 2.75) is 42.7 Å². The van der Waals surface area contributed by atoms with Crippen LogP contribution in [0, 0.1) is 17.2 Å². The fourth-order valence-electron chi connectivity index (χ4n) is 6.99. The van der Waals surface area contributed by atoms with Gasteiger partial charge >= 0.3 is 0 Å². The van der Waals surface area contributed by atoms with E-state index in [1.54, 1.807) is 51.4 Å². The monoisotopic (exact) mass is 591 g/mol. The van der Waals surface area contributed by atoms with E-state index in [1.165, 1.54) is 13.2 Å². The van der Waals surface area contributed by atoms with Crippen molar-refractivity contribution in [1.29, 1.82) is 5.26 Å². The van der Waals surface area contributed by atoms with Gasteiger partial charge in [0.15, 0.2) is 11.2 Å². The summed E-state index contributed by atoms with van der Waals surface area (Å²) in [7, 11) is 0.675. The number of nitriles is 1. The highest BCUT2D eigenvalue weighted by Gasteiger charge is 2.77. The summed E-state index contributed by atoms with van der Waals surface area (Å²) in [6.07, 6.45) is -1.38. The second kappa shape index (κ2) is 10.5. The summed E-state index contributed by atoms with van der Waals surface area (Å²) in [4.78, 5) is 6.25. The molecule has 1 fully saturated rings. The molecular weight excluding hydrogens is 553 g/mol. The molecule has 1 aromatic heterocycles. The minimum atomic E-state index is -2.58. The lowest BCUT2D eigenvalue weighted by Crippen LogP contribution is -2.52. The zero-order valence-corrected chi connectivity index (χ0v) is 25.7. The predicted octanol–water partition coefficient (Wildman–Crippen LogP) is 3.16. The zero-order chi connectivity index (χ0) is 30.7. The highest BCUT2D eigenvalue weighted by atomic mass is 31.2. The van der Waals surface area contributed by atoms with E-state index in [9.17, 15) is 25.1 Å². The molecular formula is C32H38N3O6P. The second-order valence-electron chi connectivity index (χ2n) is 12.5. The molecule has 2 aliphatic rings. The molecule has 2 heterocycles. The maximum Gasteiger partial charge on any atom is 0.224 e. The quantitative estimate of drug-likeness (QED) is 0.338. The minimum absolute atomic E-state index is 0.00646. The number of hydrogen-bond donors (Lipinski definition) is 3. The molecule has 2 aromatic carbocycles. The van der Waals surface area contributed by atoms with Gasteiger partial charge in [0.25, 0.3) is 0 Å². The Bertz CT molecular complexity index is 1560. The number of likely N-dealkylation sites (N-methyl/N-ethyl adjacent to an activating group) is 1. The normalized spacial score (nSPS) is 26.8. The number of aliphatic hydroxyl groups excluding tert-OH is 1. The van der Waals surface area contributed by atoms with Gasteiger partial charge in [0, 0.05) is 36.3 Å². The summed E-state index contributed by atoms with van der Waals surface area (Å²) < 4.78 is 25.3. The van der Waals surface area contributed by atoms with Gasteiger partial charge in [-0.3, -0.25) is 0 Å². The van der Waals surface area contributed by atoms with Crippen LogP contribution in [0.2, 0.25) is 0 Å². The first-order chi connectivity index (χ1) is 19.7. The molecule has 5 atom stereocenters. The number of aromatic nitrogens is 1. The van der Waals surface area contributed by atoms with Crippen LogP contribution in [-0.2, 0) is 15.8 Å². The van der Waals surface area contributed by atoms with E-state index in [0.29, 0.717) is 24.0 Å². The number of benzene rings is 2. The number of methoxy groups -OCH3 is 1. The lowest BCUT2D eigenvalue weighted by molar-refractivity contribution is -0.152. The highest BCUT2D eigenvalue weighted by molar-refractivity contribution is 7.70. The van der Waals surface area contributed by atoms with Crippen LogP contribution in [0.4, 0.5) is 0 Å². The molecule has 1 saturated carbocycles. The first-order valence-corrected chi connectivity index (χ1v) is 16.5. The maximum absolute atomic E-state index is 13.0. The highest BCUT2D eigenvalue weighted by Crippen LogP contribution is 2.69. The van der Waals surface area contributed by atoms with E-state index in [4.69, 9.17) is 9.47 Å². The number of aliphatic hydroxyl groups is 3. The topological polar surface area (TPSA) is 136 Å². The Morgan fingerprint density at radius 2 is 1.81 bits per heavy atom. The van der Waals surface area contributed by atoms with E-state index in [0.717, 1.165) is 5.56 Å². The van der Waals surface area contributed by atoms with Crippen molar-refractivity contribution in [3.05, 3.63) is 83.0 Å². The van der Waals surface area contributed by atoms with Gasteiger partial charge in [0.1, 0.15) is 24.7 Å². The lowest BCUT2D eigenvalue weighted by Gasteiger charge is -2.41. The summed E-state index contributed by atoms with van der Waals surface area (Å²) in [6, 6.07) is 20.2. The molecule has 0 amide bonds. The van der Waals surface area contributed by atoms with Crippen LogP contribution >= 0.6 is 7.14 Å². The molecule has 42 heavy (non-hydrogen) atoms. The second-order valence-corrected chi connectivity index (χ2v) is 15.7. The molecule has 0 radical (unpaired) electrons. The Balaban J connectivity index is 1.81. The number of pyridine rings is 1. The Morgan fingerprint density at radius 3 is 2.36 bits per heavy atom. The molecule has 3 aromatic rings. The van der Waals surface area contributed by atoms with Crippen LogP contribution in [0.5, 0.6) is 11.6 Å². The molecule has 0 bridgehead atoms. The number of hydrogen-bond acceptors (Lipinski definition) is 9. The van der Waals surface area contributed by atoms with Crippen molar-refractivity contribution in [2.24, 2.45) is 5.92 Å². The summed E-state index contributed by atoms with van der Waals surface area (Å²) in [5, 5.41) is 46.2. The Morgan fingerprint density at radius 1 is 1.17 bits per heavy atom. The largest absolute Gasteiger partial charge is 0.481 e. The summed E-state index contributed by atoms with van der Waals surface area (Å²) in [6.45, 7) is 7.47. The van der Waals surface area contributed by atoms with Gasteiger partial charge in [-0.25, -0.2) is 4.98 Å². The average molecular weight is 592 g/mol. The molecule has 1 aliphatic heterocycles. The number of rotatable bonds is 8. The van der Waals surface area contributed by atoms with Gasteiger partial charge in [0.05, 0.1) is 24.4 Å². The van der Waals surface area contributed by atoms with Crippen LogP contribution < -0.4 is 14.8 Å². The molecule has 5 rings (SSSR count). The maximum atomic E-state index is 13.0. The SMILES string of the molecule is COc1nc(C#N)cc2c1[C@]1(O)[C@H](O)[C@H](CN(C)CC(C)(C)O)[C@@H](c3ccccc3)[C@]1(c1ccc(P(C)(C)=O)cc1)O2. The van der Waals surface area contributed by atoms with Crippen molar-refractivity contribution < 1.29 is 29.4 Å². The van der Waals surface area contributed by atoms with Crippen LogP contribution in [0.1, 0.15) is 42.1 Å². The van der Waals surface area contributed by atoms with Gasteiger partial charge < -0.3 is 34.3 Å². The predicted molar refractivity (Wildman–Crippen MR) is 160 cm³/mol. The van der Waals surface area contributed by atoms with Crippen LogP contribution in [-0.4, -0.2) is 77.5 Å². The van der Waals surface area contributed by atoms with Crippen LogP contribution in [0.25, 0.3) is 0 Å². The molecule has 0 unspecified atom stereocenters. The summed E-state index contributed by atoms with van der Waals surface area (Å²) in [5.74, 6) is -0.995. The van der Waals surface area contributed by atoms with Crippen molar-refractivity contribution in [3.63, 3.8) is 0 Å². The first-order valence-electron chi connectivity index (χ1n) is 13.9. The summed E-state index contributed by atoms with van der Waals surface area (Å²) >= 11 is 0. The molecule has 1 aliphatic carbocycles. The van der Waals surface area contributed by atoms with E-state index >= 15 is 0 Å². The third-order valence-corrected chi connectivity index (χ3v) is 9.97. The van der Waals surface area contributed by atoms with E-state index in [2.05, 4.69) is 4.98 Å². The Labute approximate surface area is 246 Å². The number of fused-ring (bicyclic) bond motifs is 3. The molecule has 10 heteroatoms. The fraction of sp³-hybridized carbons (Fsp3) is 0.438. The first kappa shape index (κ1) is 30.2. The van der Waals surface area contributed by atoms with Crippen molar-refractivity contribution in [2.75, 3.05) is 40.6 Å². The van der Waals surface area contributed by atoms with E-state index in [-0.39, 0.29) is 22.9 Å². The number of ether oxygens (including phenoxy) is 2. The smallest absolute Gasteiger partial charge is 0.224 e.